The van der Waals surface area contributed by atoms with Crippen molar-refractivity contribution in [2.75, 3.05) is 7.05 Å². The molecule has 130 valence electrons. The lowest BCUT2D eigenvalue weighted by molar-refractivity contribution is -0.136. The first-order valence-electron chi connectivity index (χ1n) is 8.71. The van der Waals surface area contributed by atoms with E-state index in [0.29, 0.717) is 11.4 Å². The number of fused-ring (bicyclic) bond motifs is 1. The maximum atomic E-state index is 13.1. The van der Waals surface area contributed by atoms with Crippen LogP contribution in [0.15, 0.2) is 41.7 Å². The summed E-state index contributed by atoms with van der Waals surface area (Å²) in [4.78, 5) is 27.2. The average Bonchev–Trinajstić information content (AvgIpc) is 3.13. The molecule has 1 aliphatic heterocycles. The molecule has 1 saturated carbocycles. The summed E-state index contributed by atoms with van der Waals surface area (Å²) in [5.41, 5.74) is 1.56. The molecule has 5 nitrogen and oxygen atoms in total. The number of nitrogens with zero attached hydrogens (tertiary/aromatic N) is 3. The number of hydrogen-bond acceptors (Lipinski definition) is 3. The van der Waals surface area contributed by atoms with Crippen LogP contribution in [0.25, 0.3) is 0 Å². The third kappa shape index (κ3) is 2.58. The van der Waals surface area contributed by atoms with E-state index in [2.05, 4.69) is 9.97 Å². The predicted octanol–water partition coefficient (Wildman–Crippen LogP) is 3.36. The van der Waals surface area contributed by atoms with Gasteiger partial charge in [0.2, 0.25) is 5.91 Å². The molecule has 6 heteroatoms. The highest BCUT2D eigenvalue weighted by molar-refractivity contribution is 6.32. The quantitative estimate of drug-likeness (QED) is 0.916. The number of aliphatic imine (C=N–C) groups is 1. The van der Waals surface area contributed by atoms with E-state index in [4.69, 9.17) is 16.6 Å². The number of benzene rings is 1. The van der Waals surface area contributed by atoms with Crippen LogP contribution in [0.5, 0.6) is 0 Å². The van der Waals surface area contributed by atoms with Gasteiger partial charge in [0.1, 0.15) is 17.4 Å². The van der Waals surface area contributed by atoms with Crippen molar-refractivity contribution in [2.24, 2.45) is 4.99 Å². The summed E-state index contributed by atoms with van der Waals surface area (Å²) in [5, 5.41) is 0.696. The fourth-order valence-electron chi connectivity index (χ4n) is 4.21. The van der Waals surface area contributed by atoms with Crippen molar-refractivity contribution in [3.63, 3.8) is 0 Å². The number of nitrogens with one attached hydrogen (secondary N) is 1. The Morgan fingerprint density at radius 1 is 1.36 bits per heavy atom. The molecule has 1 N–H and O–H groups in total. The van der Waals surface area contributed by atoms with E-state index in [1.54, 1.807) is 12.4 Å². The van der Waals surface area contributed by atoms with Crippen molar-refractivity contribution in [2.45, 2.75) is 43.7 Å². The summed E-state index contributed by atoms with van der Waals surface area (Å²) in [5.74, 6) is 0.819. The minimum atomic E-state index is -0.507. The van der Waals surface area contributed by atoms with E-state index in [0.717, 1.165) is 42.8 Å². The number of imidazole rings is 1. The summed E-state index contributed by atoms with van der Waals surface area (Å²) in [6.45, 7) is 0. The van der Waals surface area contributed by atoms with Crippen LogP contribution >= 0.6 is 11.6 Å². The van der Waals surface area contributed by atoms with Crippen LogP contribution in [-0.2, 0) is 16.8 Å². The van der Waals surface area contributed by atoms with E-state index in [9.17, 15) is 4.79 Å². The molecule has 1 aliphatic carbocycles. The number of aromatic amines is 1. The Morgan fingerprint density at radius 3 is 2.96 bits per heavy atom. The number of likely N-dealkylation sites (N-methyl/N-ethyl adjacent to an activating group) is 1. The SMILES string of the molecule is CN1C(=O)C(Cc2ncc[nH]2)N=C2CCCCC21c1ccccc1Cl. The number of carbonyl (C=O) groups is 1. The first-order chi connectivity index (χ1) is 12.1. The number of amides is 1. The third-order valence-electron chi connectivity index (χ3n) is 5.44. The number of H-pyrrole nitrogens is 1. The molecule has 1 aromatic carbocycles. The molecule has 4 rings (SSSR count). The van der Waals surface area contributed by atoms with Crippen molar-refractivity contribution < 1.29 is 4.79 Å². The zero-order valence-corrected chi connectivity index (χ0v) is 15.0. The minimum absolute atomic E-state index is 0.0296. The standard InChI is InChI=1S/C19H21ClN4O/c1-24-18(25)15(12-17-21-10-11-22-17)23-16-8-4-5-9-19(16,24)13-6-2-3-7-14(13)20/h2-3,6-7,10-11,15H,4-5,8-9,12H2,1H3,(H,21,22). The highest BCUT2D eigenvalue weighted by Crippen LogP contribution is 2.45. The van der Waals surface area contributed by atoms with Crippen LogP contribution in [0.1, 0.15) is 37.1 Å². The maximum absolute atomic E-state index is 13.1. The molecule has 0 radical (unpaired) electrons. The largest absolute Gasteiger partial charge is 0.349 e. The molecule has 2 unspecified atom stereocenters. The van der Waals surface area contributed by atoms with Gasteiger partial charge in [0.25, 0.3) is 0 Å². The smallest absolute Gasteiger partial charge is 0.248 e. The van der Waals surface area contributed by atoms with Crippen molar-refractivity contribution in [3.05, 3.63) is 53.1 Å². The number of aromatic nitrogens is 2. The number of halogens is 1. The molecule has 2 aromatic rings. The maximum Gasteiger partial charge on any atom is 0.248 e. The summed E-state index contributed by atoms with van der Waals surface area (Å²) >= 11 is 6.53. The molecule has 0 saturated heterocycles. The second-order valence-corrected chi connectivity index (χ2v) is 7.18. The molecule has 2 heterocycles. The average molecular weight is 357 g/mol. The fourth-order valence-corrected chi connectivity index (χ4v) is 4.50. The van der Waals surface area contributed by atoms with Crippen molar-refractivity contribution in [1.29, 1.82) is 0 Å². The lowest BCUT2D eigenvalue weighted by Crippen LogP contribution is -2.60. The van der Waals surface area contributed by atoms with E-state index in [1.165, 1.54) is 0 Å². The molecule has 2 aliphatic rings. The van der Waals surface area contributed by atoms with Gasteiger partial charge in [-0.2, -0.15) is 0 Å². The molecule has 1 amide bonds. The Labute approximate surface area is 152 Å². The van der Waals surface area contributed by atoms with Crippen LogP contribution in [0.2, 0.25) is 5.02 Å². The molecular weight excluding hydrogens is 336 g/mol. The summed E-state index contributed by atoms with van der Waals surface area (Å²) < 4.78 is 0. The van der Waals surface area contributed by atoms with Crippen LogP contribution in [-0.4, -0.2) is 39.6 Å². The van der Waals surface area contributed by atoms with Gasteiger partial charge in [-0.25, -0.2) is 4.98 Å². The molecular formula is C19H21ClN4O. The van der Waals surface area contributed by atoms with Crippen LogP contribution in [0.3, 0.4) is 0 Å². The third-order valence-corrected chi connectivity index (χ3v) is 5.77. The number of carbonyl (C=O) groups excluding carboxylic acids is 1. The topological polar surface area (TPSA) is 61.4 Å². The Balaban J connectivity index is 1.80. The highest BCUT2D eigenvalue weighted by atomic mass is 35.5. The number of rotatable bonds is 3. The molecule has 1 fully saturated rings. The lowest BCUT2D eigenvalue weighted by atomic mass is 9.72. The van der Waals surface area contributed by atoms with E-state index < -0.39 is 11.6 Å². The van der Waals surface area contributed by atoms with Crippen molar-refractivity contribution in [1.82, 2.24) is 14.9 Å². The first kappa shape index (κ1) is 16.3. The van der Waals surface area contributed by atoms with Gasteiger partial charge < -0.3 is 9.88 Å². The monoisotopic (exact) mass is 356 g/mol. The first-order valence-corrected chi connectivity index (χ1v) is 9.09. The highest BCUT2D eigenvalue weighted by Gasteiger charge is 2.50. The molecule has 0 bridgehead atoms. The second kappa shape index (κ2) is 6.30. The fraction of sp³-hybridized carbons (Fsp3) is 0.421. The molecule has 2 atom stereocenters. The van der Waals surface area contributed by atoms with Gasteiger partial charge in [-0.1, -0.05) is 29.8 Å². The Bertz CT molecular complexity index is 817. The van der Waals surface area contributed by atoms with Crippen molar-refractivity contribution >= 4 is 23.2 Å². The van der Waals surface area contributed by atoms with E-state index in [1.807, 2.05) is 36.2 Å². The molecule has 0 spiro atoms. The second-order valence-electron chi connectivity index (χ2n) is 6.78. The van der Waals surface area contributed by atoms with Gasteiger partial charge >= 0.3 is 0 Å². The predicted molar refractivity (Wildman–Crippen MR) is 97.9 cm³/mol. The summed E-state index contributed by atoms with van der Waals surface area (Å²) in [7, 11) is 1.89. The van der Waals surface area contributed by atoms with Crippen LogP contribution in [0.4, 0.5) is 0 Å². The number of hydrogen-bond donors (Lipinski definition) is 1. The normalized spacial score (nSPS) is 26.3. The van der Waals surface area contributed by atoms with E-state index >= 15 is 0 Å². The van der Waals surface area contributed by atoms with Gasteiger partial charge in [0, 0.05) is 42.2 Å². The van der Waals surface area contributed by atoms with Crippen LogP contribution < -0.4 is 0 Å². The molecule has 25 heavy (non-hydrogen) atoms. The minimum Gasteiger partial charge on any atom is -0.349 e. The Hall–Kier alpha value is -2.14. The lowest BCUT2D eigenvalue weighted by Gasteiger charge is -2.50. The Kier molecular flexibility index (Phi) is 4.12. The zero-order valence-electron chi connectivity index (χ0n) is 14.2. The van der Waals surface area contributed by atoms with Gasteiger partial charge in [0.05, 0.1) is 0 Å². The van der Waals surface area contributed by atoms with Gasteiger partial charge in [-0.15, -0.1) is 0 Å². The van der Waals surface area contributed by atoms with E-state index in [-0.39, 0.29) is 5.91 Å². The summed E-state index contributed by atoms with van der Waals surface area (Å²) in [6, 6.07) is 7.41. The zero-order chi connectivity index (χ0) is 17.4. The Morgan fingerprint density at radius 2 is 2.20 bits per heavy atom. The van der Waals surface area contributed by atoms with Gasteiger partial charge in [-0.3, -0.25) is 9.79 Å². The van der Waals surface area contributed by atoms with Crippen molar-refractivity contribution in [3.8, 4) is 0 Å². The van der Waals surface area contributed by atoms with Crippen LogP contribution in [0, 0.1) is 0 Å². The van der Waals surface area contributed by atoms with Gasteiger partial charge in [-0.05, 0) is 31.7 Å². The molecule has 1 aromatic heterocycles. The summed E-state index contributed by atoms with van der Waals surface area (Å²) in [6.07, 6.45) is 7.90. The van der Waals surface area contributed by atoms with Gasteiger partial charge in [0.15, 0.2) is 0 Å².